The number of ether oxygens (including phenoxy) is 2. The summed E-state index contributed by atoms with van der Waals surface area (Å²) >= 11 is 0. The van der Waals surface area contributed by atoms with Gasteiger partial charge in [-0.25, -0.2) is 0 Å². The molecule has 2 unspecified atom stereocenters. The molecule has 8 nitrogen and oxygen atoms in total. The second-order valence-corrected chi connectivity index (χ2v) is 9.33. The van der Waals surface area contributed by atoms with Crippen LogP contribution in [0.15, 0.2) is 12.2 Å². The van der Waals surface area contributed by atoms with E-state index in [0.717, 1.165) is 0 Å². The highest BCUT2D eigenvalue weighted by molar-refractivity contribution is 5.91. The summed E-state index contributed by atoms with van der Waals surface area (Å²) in [6, 6.07) is -0.127. The van der Waals surface area contributed by atoms with Gasteiger partial charge in [-0.1, -0.05) is 40.7 Å². The van der Waals surface area contributed by atoms with Crippen LogP contribution in [0.25, 0.3) is 0 Å². The lowest BCUT2D eigenvalue weighted by atomic mass is 9.83. The van der Waals surface area contributed by atoms with Crippen molar-refractivity contribution in [3.63, 3.8) is 0 Å². The van der Waals surface area contributed by atoms with Crippen molar-refractivity contribution in [2.24, 2.45) is 23.7 Å². The number of hydrogen-bond donors (Lipinski definition) is 4. The Hall–Kier alpha value is -1.32. The number of amides is 1. The number of carbonyl (C=O) groups excluding carboxylic acids is 2. The summed E-state index contributed by atoms with van der Waals surface area (Å²) in [4.78, 5) is 25.7. The van der Waals surface area contributed by atoms with Crippen molar-refractivity contribution in [1.82, 2.24) is 5.32 Å². The molecule has 31 heavy (non-hydrogen) atoms. The van der Waals surface area contributed by atoms with Crippen LogP contribution in [0.4, 0.5) is 0 Å². The monoisotopic (exact) mass is 441 g/mol. The molecule has 4 N–H and O–H groups in total. The average Bonchev–Trinajstić information content (AvgIpc) is 2.73. The average molecular weight is 442 g/mol. The van der Waals surface area contributed by atoms with E-state index in [1.165, 1.54) is 0 Å². The molecule has 2 aliphatic rings. The van der Waals surface area contributed by atoms with E-state index >= 15 is 0 Å². The summed E-state index contributed by atoms with van der Waals surface area (Å²) in [6.07, 6.45) is -2.07. The van der Waals surface area contributed by atoms with E-state index in [1.54, 1.807) is 19.9 Å². The van der Waals surface area contributed by atoms with Gasteiger partial charge in [-0.3, -0.25) is 9.59 Å². The van der Waals surface area contributed by atoms with Gasteiger partial charge in [0.2, 0.25) is 5.91 Å². The Bertz CT molecular complexity index is 654. The van der Waals surface area contributed by atoms with E-state index in [0.29, 0.717) is 12.8 Å². The minimum absolute atomic E-state index is 0.00509. The summed E-state index contributed by atoms with van der Waals surface area (Å²) in [5.74, 6) is -1.22. The molecule has 1 saturated heterocycles. The highest BCUT2D eigenvalue weighted by Gasteiger charge is 2.45. The summed E-state index contributed by atoms with van der Waals surface area (Å²) in [7, 11) is 0. The van der Waals surface area contributed by atoms with Crippen molar-refractivity contribution < 1.29 is 34.4 Å². The second-order valence-electron chi connectivity index (χ2n) is 9.33. The number of aliphatic hydroxyl groups excluding tert-OH is 3. The van der Waals surface area contributed by atoms with Gasteiger partial charge >= 0.3 is 0 Å². The first kappa shape index (κ1) is 25.9. The van der Waals surface area contributed by atoms with Gasteiger partial charge in [0, 0.05) is 12.0 Å². The van der Waals surface area contributed by atoms with Crippen LogP contribution in [-0.4, -0.2) is 69.9 Å². The lowest BCUT2D eigenvalue weighted by Crippen LogP contribution is -2.59. The van der Waals surface area contributed by atoms with Crippen molar-refractivity contribution in [1.29, 1.82) is 0 Å². The minimum atomic E-state index is -1.46. The van der Waals surface area contributed by atoms with Crippen LogP contribution in [-0.2, 0) is 19.1 Å². The van der Waals surface area contributed by atoms with Gasteiger partial charge in [0.1, 0.15) is 18.3 Å². The standard InChI is InChI=1S/C23H39NO7/c1-7-16-11(2)8-9-17(25)12(3)10-13(4)21(14(5)22(29)24-16)31-23-20(28)19(27)18(26)15(6)30-23/h8-9,11-16,18-21,23,26-28H,7,10H2,1-6H3,(H,24,29)/b9-8-/t11-,12-,13+,14-,15-,16?,18-,19+,20-,21?,23+/m1/s1. The van der Waals surface area contributed by atoms with Gasteiger partial charge < -0.3 is 30.1 Å². The molecule has 2 rings (SSSR count). The van der Waals surface area contributed by atoms with Crippen LogP contribution < -0.4 is 5.32 Å². The lowest BCUT2D eigenvalue weighted by molar-refractivity contribution is -0.310. The highest BCUT2D eigenvalue weighted by Crippen LogP contribution is 2.30. The van der Waals surface area contributed by atoms with Crippen molar-refractivity contribution >= 4 is 11.7 Å². The number of allylic oxidation sites excluding steroid dienone is 1. The maximum absolute atomic E-state index is 13.1. The molecule has 0 aliphatic carbocycles. The third kappa shape index (κ3) is 6.14. The summed E-state index contributed by atoms with van der Waals surface area (Å²) in [5, 5.41) is 33.5. The third-order valence-electron chi connectivity index (χ3n) is 6.74. The van der Waals surface area contributed by atoms with E-state index in [9.17, 15) is 24.9 Å². The summed E-state index contributed by atoms with van der Waals surface area (Å²) in [6.45, 7) is 11.0. The quantitative estimate of drug-likeness (QED) is 0.518. The lowest BCUT2D eigenvalue weighted by Gasteiger charge is -2.42. The number of nitrogens with one attached hydrogen (secondary N) is 1. The zero-order valence-electron chi connectivity index (χ0n) is 19.4. The Kier molecular flexibility index (Phi) is 9.21. The van der Waals surface area contributed by atoms with Crippen LogP contribution in [0.5, 0.6) is 0 Å². The highest BCUT2D eigenvalue weighted by atomic mass is 16.7. The fraction of sp³-hybridized carbons (Fsp3) is 0.826. The van der Waals surface area contributed by atoms with E-state index in [2.05, 4.69) is 5.32 Å². The molecule has 11 atom stereocenters. The zero-order chi connectivity index (χ0) is 23.5. The van der Waals surface area contributed by atoms with Crippen LogP contribution in [0.2, 0.25) is 0 Å². The molecular formula is C23H39NO7. The SMILES string of the molecule is CCC1NC(=O)[C@H](C)C(O[C@@H]2O[C@H](C)[C@@H](O)[C@H](O)[C@H]2O)[C@@H](C)C[C@@H](C)C(=O)/C=C\[C@H]1C. The third-order valence-corrected chi connectivity index (χ3v) is 6.74. The van der Waals surface area contributed by atoms with Gasteiger partial charge in [-0.2, -0.15) is 0 Å². The van der Waals surface area contributed by atoms with Crippen LogP contribution in [0.3, 0.4) is 0 Å². The van der Waals surface area contributed by atoms with E-state index in [1.807, 2.05) is 33.8 Å². The number of rotatable bonds is 3. The summed E-state index contributed by atoms with van der Waals surface area (Å²) in [5.41, 5.74) is 0. The van der Waals surface area contributed by atoms with Crippen molar-refractivity contribution in [3.8, 4) is 0 Å². The fourth-order valence-corrected chi connectivity index (χ4v) is 4.45. The molecule has 0 radical (unpaired) electrons. The first-order chi connectivity index (χ1) is 14.5. The first-order valence-corrected chi connectivity index (χ1v) is 11.3. The molecule has 0 aromatic rings. The van der Waals surface area contributed by atoms with Gasteiger partial charge in [0.15, 0.2) is 12.1 Å². The number of aliphatic hydroxyl groups is 3. The molecule has 2 aliphatic heterocycles. The Labute approximate surface area is 185 Å². The molecule has 0 spiro atoms. The molecule has 1 fully saturated rings. The van der Waals surface area contributed by atoms with Crippen LogP contribution >= 0.6 is 0 Å². The largest absolute Gasteiger partial charge is 0.388 e. The smallest absolute Gasteiger partial charge is 0.225 e. The maximum Gasteiger partial charge on any atom is 0.225 e. The molecular weight excluding hydrogens is 402 g/mol. The Balaban J connectivity index is 2.31. The molecule has 178 valence electrons. The first-order valence-electron chi connectivity index (χ1n) is 11.3. The van der Waals surface area contributed by atoms with Crippen molar-refractivity contribution in [2.75, 3.05) is 0 Å². The van der Waals surface area contributed by atoms with Gasteiger partial charge in [0.05, 0.1) is 18.1 Å². The zero-order valence-corrected chi connectivity index (χ0v) is 19.4. The molecule has 0 aromatic heterocycles. The fourth-order valence-electron chi connectivity index (χ4n) is 4.45. The van der Waals surface area contributed by atoms with E-state index in [-0.39, 0.29) is 35.5 Å². The Morgan fingerprint density at radius 1 is 1.06 bits per heavy atom. The van der Waals surface area contributed by atoms with Crippen molar-refractivity contribution in [2.45, 2.75) is 97.2 Å². The molecule has 0 bridgehead atoms. The Morgan fingerprint density at radius 3 is 2.32 bits per heavy atom. The topological polar surface area (TPSA) is 125 Å². The normalized spacial score (nSPS) is 46.5. The van der Waals surface area contributed by atoms with Gasteiger partial charge in [-0.15, -0.1) is 0 Å². The molecule has 1 amide bonds. The number of carbonyl (C=O) groups is 2. The molecule has 0 aromatic carbocycles. The van der Waals surface area contributed by atoms with Crippen LogP contribution in [0.1, 0.15) is 54.4 Å². The van der Waals surface area contributed by atoms with Crippen LogP contribution in [0, 0.1) is 23.7 Å². The van der Waals surface area contributed by atoms with Crippen molar-refractivity contribution in [3.05, 3.63) is 12.2 Å². The second kappa shape index (κ2) is 11.0. The predicted molar refractivity (Wildman–Crippen MR) is 115 cm³/mol. The van der Waals surface area contributed by atoms with E-state index in [4.69, 9.17) is 9.47 Å². The Morgan fingerprint density at radius 2 is 1.71 bits per heavy atom. The molecule has 2 heterocycles. The van der Waals surface area contributed by atoms with Gasteiger partial charge in [0.25, 0.3) is 0 Å². The number of hydrogen-bond acceptors (Lipinski definition) is 7. The van der Waals surface area contributed by atoms with E-state index < -0.39 is 42.7 Å². The molecule has 8 heteroatoms. The maximum atomic E-state index is 13.1. The number of ketones is 1. The predicted octanol–water partition coefficient (Wildman–Crippen LogP) is 1.17. The van der Waals surface area contributed by atoms with Gasteiger partial charge in [-0.05, 0) is 37.7 Å². The summed E-state index contributed by atoms with van der Waals surface area (Å²) < 4.78 is 11.7. The molecule has 0 saturated carbocycles. The minimum Gasteiger partial charge on any atom is -0.388 e.